The van der Waals surface area contributed by atoms with Crippen molar-refractivity contribution in [3.8, 4) is 11.1 Å². The third-order valence-electron chi connectivity index (χ3n) is 4.93. The van der Waals surface area contributed by atoms with Gasteiger partial charge in [0, 0.05) is 29.7 Å². The molecule has 5 rings (SSSR count). The Kier molecular flexibility index (Phi) is 6.86. The smallest absolute Gasteiger partial charge is 0.256 e. The third-order valence-corrected chi connectivity index (χ3v) is 5.24. The van der Waals surface area contributed by atoms with Crippen molar-refractivity contribution < 1.29 is 4.79 Å². The fourth-order valence-electron chi connectivity index (χ4n) is 3.29. The Morgan fingerprint density at radius 2 is 1.77 bits per heavy atom. The highest BCUT2D eigenvalue weighted by Crippen LogP contribution is 2.24. The lowest BCUT2D eigenvalue weighted by Crippen LogP contribution is -2.21. The van der Waals surface area contributed by atoms with E-state index >= 15 is 0 Å². The van der Waals surface area contributed by atoms with Gasteiger partial charge in [0.2, 0.25) is 0 Å². The Morgan fingerprint density at radius 3 is 2.45 bits per heavy atom. The van der Waals surface area contributed by atoms with Gasteiger partial charge in [0.25, 0.3) is 5.91 Å². The minimum absolute atomic E-state index is 0.273. The molecule has 0 aliphatic carbocycles. The summed E-state index contributed by atoms with van der Waals surface area (Å²) in [7, 11) is 0. The lowest BCUT2D eigenvalue weighted by Gasteiger charge is -2.08. The molecule has 1 saturated heterocycles. The fraction of sp³-hybridized carbons (Fsp3) is 0.217. The number of piperidine rings is 1. The van der Waals surface area contributed by atoms with Crippen LogP contribution in [0.1, 0.15) is 29.6 Å². The summed E-state index contributed by atoms with van der Waals surface area (Å²) < 4.78 is 1.71. The SMILES string of the molecule is C1CCNCC1.O=C(Nc1ncccc1Cl)c1ccc(-c2cnn3cccnc23)cc1. The van der Waals surface area contributed by atoms with Crippen molar-refractivity contribution in [3.63, 3.8) is 0 Å². The van der Waals surface area contributed by atoms with Crippen molar-refractivity contribution in [2.75, 3.05) is 18.4 Å². The second kappa shape index (κ2) is 10.1. The van der Waals surface area contributed by atoms with Crippen LogP contribution in [-0.4, -0.2) is 38.6 Å². The maximum absolute atomic E-state index is 12.3. The highest BCUT2D eigenvalue weighted by molar-refractivity contribution is 6.33. The van der Waals surface area contributed by atoms with Gasteiger partial charge in [0.05, 0.1) is 11.2 Å². The van der Waals surface area contributed by atoms with Crippen molar-refractivity contribution in [1.82, 2.24) is 24.9 Å². The summed E-state index contributed by atoms with van der Waals surface area (Å²) in [5, 5.41) is 10.6. The number of carbonyl (C=O) groups is 1. The summed E-state index contributed by atoms with van der Waals surface area (Å²) in [6.07, 6.45) is 11.1. The molecule has 1 aliphatic rings. The van der Waals surface area contributed by atoms with Crippen LogP contribution in [0, 0.1) is 0 Å². The van der Waals surface area contributed by atoms with E-state index in [-0.39, 0.29) is 5.91 Å². The monoisotopic (exact) mass is 434 g/mol. The number of anilines is 1. The standard InChI is InChI=1S/C18H12ClN5O.C5H11N/c19-15-3-1-8-20-16(15)23-18(25)13-6-4-12(5-7-13)14-11-22-24-10-2-9-21-17(14)24;1-2-4-6-5-3-1/h1-11H,(H,20,23,25);6H,1-5H2. The van der Waals surface area contributed by atoms with Gasteiger partial charge < -0.3 is 10.6 Å². The van der Waals surface area contributed by atoms with Gasteiger partial charge in [0.1, 0.15) is 0 Å². The highest BCUT2D eigenvalue weighted by atomic mass is 35.5. The number of hydrogen-bond donors (Lipinski definition) is 2. The van der Waals surface area contributed by atoms with E-state index < -0.39 is 0 Å². The number of fused-ring (bicyclic) bond motifs is 1. The summed E-state index contributed by atoms with van der Waals surface area (Å²) in [5.41, 5.74) is 3.11. The van der Waals surface area contributed by atoms with Gasteiger partial charge in [-0.1, -0.05) is 30.2 Å². The molecule has 8 heteroatoms. The van der Waals surface area contributed by atoms with E-state index in [0.29, 0.717) is 16.4 Å². The second-order valence-corrected chi connectivity index (χ2v) is 7.53. The number of rotatable bonds is 3. The Balaban J connectivity index is 0.000000334. The molecule has 1 fully saturated rings. The number of nitrogens with zero attached hydrogens (tertiary/aromatic N) is 4. The van der Waals surface area contributed by atoms with Crippen LogP contribution in [-0.2, 0) is 0 Å². The van der Waals surface area contributed by atoms with Gasteiger partial charge in [-0.05, 0) is 61.8 Å². The van der Waals surface area contributed by atoms with Crippen LogP contribution in [0.4, 0.5) is 5.82 Å². The Bertz CT molecular complexity index is 1140. The number of amides is 1. The molecule has 158 valence electrons. The van der Waals surface area contributed by atoms with E-state index in [1.165, 1.54) is 32.4 Å². The molecule has 4 aromatic rings. The van der Waals surface area contributed by atoms with Crippen molar-refractivity contribution in [2.24, 2.45) is 0 Å². The zero-order chi connectivity index (χ0) is 21.5. The van der Waals surface area contributed by atoms with Crippen molar-refractivity contribution in [3.05, 3.63) is 77.8 Å². The van der Waals surface area contributed by atoms with Crippen LogP contribution in [0.2, 0.25) is 5.02 Å². The number of aromatic nitrogens is 4. The topological polar surface area (TPSA) is 84.2 Å². The van der Waals surface area contributed by atoms with E-state index in [0.717, 1.165) is 16.8 Å². The Hall–Kier alpha value is -3.29. The van der Waals surface area contributed by atoms with Crippen LogP contribution in [0.15, 0.2) is 67.3 Å². The average Bonchev–Trinajstić information content (AvgIpc) is 3.26. The zero-order valence-corrected chi connectivity index (χ0v) is 17.7. The first-order chi connectivity index (χ1) is 15.2. The quantitative estimate of drug-likeness (QED) is 0.497. The molecule has 4 heterocycles. The molecular weight excluding hydrogens is 412 g/mol. The first kappa shape index (κ1) is 21.0. The molecule has 3 aromatic heterocycles. The van der Waals surface area contributed by atoms with Gasteiger partial charge in [0.15, 0.2) is 11.5 Å². The van der Waals surface area contributed by atoms with Crippen LogP contribution >= 0.6 is 11.6 Å². The predicted molar refractivity (Wildman–Crippen MR) is 122 cm³/mol. The molecule has 0 spiro atoms. The largest absolute Gasteiger partial charge is 0.317 e. The molecule has 0 bridgehead atoms. The van der Waals surface area contributed by atoms with Crippen molar-refractivity contribution in [1.29, 1.82) is 0 Å². The van der Waals surface area contributed by atoms with Crippen LogP contribution < -0.4 is 10.6 Å². The molecule has 0 saturated carbocycles. The fourth-order valence-corrected chi connectivity index (χ4v) is 3.46. The van der Waals surface area contributed by atoms with Gasteiger partial charge in [-0.2, -0.15) is 5.10 Å². The summed E-state index contributed by atoms with van der Waals surface area (Å²) >= 11 is 6.01. The number of pyridine rings is 1. The number of nitrogens with one attached hydrogen (secondary N) is 2. The van der Waals surface area contributed by atoms with E-state index in [1.54, 1.807) is 47.4 Å². The van der Waals surface area contributed by atoms with Crippen molar-refractivity contribution in [2.45, 2.75) is 19.3 Å². The normalized spacial score (nSPS) is 13.3. The Labute approximate surface area is 185 Å². The van der Waals surface area contributed by atoms with Crippen LogP contribution in [0.5, 0.6) is 0 Å². The lowest BCUT2D eigenvalue weighted by molar-refractivity contribution is 0.102. The maximum Gasteiger partial charge on any atom is 0.256 e. The number of hydrogen-bond acceptors (Lipinski definition) is 5. The first-order valence-electron chi connectivity index (χ1n) is 10.2. The van der Waals surface area contributed by atoms with Gasteiger partial charge in [-0.3, -0.25) is 4.79 Å². The molecule has 1 aromatic carbocycles. The molecule has 2 N–H and O–H groups in total. The number of carbonyl (C=O) groups excluding carboxylic acids is 1. The van der Waals surface area contributed by atoms with Crippen LogP contribution in [0.25, 0.3) is 16.8 Å². The van der Waals surface area contributed by atoms with Crippen LogP contribution in [0.3, 0.4) is 0 Å². The molecule has 1 amide bonds. The molecule has 0 radical (unpaired) electrons. The average molecular weight is 435 g/mol. The summed E-state index contributed by atoms with van der Waals surface area (Å²) in [5.74, 6) is 0.0650. The first-order valence-corrected chi connectivity index (χ1v) is 10.6. The number of halogens is 1. The molecular formula is C23H23ClN6O. The van der Waals surface area contributed by atoms with Crippen molar-refractivity contribution >= 4 is 29.0 Å². The third kappa shape index (κ3) is 5.25. The molecule has 0 atom stereocenters. The minimum Gasteiger partial charge on any atom is -0.317 e. The van der Waals surface area contributed by atoms with Gasteiger partial charge in [-0.15, -0.1) is 0 Å². The molecule has 0 unspecified atom stereocenters. The summed E-state index contributed by atoms with van der Waals surface area (Å²) in [6.45, 7) is 2.50. The minimum atomic E-state index is -0.273. The van der Waals surface area contributed by atoms with E-state index in [2.05, 4.69) is 25.7 Å². The second-order valence-electron chi connectivity index (χ2n) is 7.12. The maximum atomic E-state index is 12.3. The number of benzene rings is 1. The van der Waals surface area contributed by atoms with E-state index in [9.17, 15) is 4.79 Å². The lowest BCUT2D eigenvalue weighted by atomic mass is 10.1. The predicted octanol–water partition coefficient (Wildman–Crippen LogP) is 4.46. The zero-order valence-electron chi connectivity index (χ0n) is 17.0. The van der Waals surface area contributed by atoms with Gasteiger partial charge in [-0.25, -0.2) is 14.5 Å². The molecule has 31 heavy (non-hydrogen) atoms. The van der Waals surface area contributed by atoms with E-state index in [4.69, 9.17) is 11.6 Å². The summed E-state index contributed by atoms with van der Waals surface area (Å²) in [4.78, 5) is 20.7. The molecule has 1 aliphatic heterocycles. The van der Waals surface area contributed by atoms with E-state index in [1.807, 2.05) is 24.4 Å². The van der Waals surface area contributed by atoms with Gasteiger partial charge >= 0.3 is 0 Å². The molecule has 7 nitrogen and oxygen atoms in total. The Morgan fingerprint density at radius 1 is 1.00 bits per heavy atom. The highest BCUT2D eigenvalue weighted by Gasteiger charge is 2.11. The summed E-state index contributed by atoms with van der Waals surface area (Å²) in [6, 6.07) is 12.4.